The number of nitrogens with one attached hydrogen (secondary N) is 1. The second kappa shape index (κ2) is 11.5. The molecular weight excluding hydrogens is 602 g/mol. The quantitative estimate of drug-likeness (QED) is 0.197. The molecule has 0 atom stereocenters. The van der Waals surface area contributed by atoms with Gasteiger partial charge in [0.05, 0.1) is 17.8 Å². The van der Waals surface area contributed by atoms with E-state index >= 15 is 0 Å². The largest absolute Gasteiger partial charge is 0.507 e. The molecule has 4 aromatic rings. The summed E-state index contributed by atoms with van der Waals surface area (Å²) in [4.78, 5) is 30.3. The molecule has 1 aromatic heterocycles. The minimum Gasteiger partial charge on any atom is -0.481 e. The van der Waals surface area contributed by atoms with Gasteiger partial charge in [0, 0.05) is 24.0 Å². The van der Waals surface area contributed by atoms with Gasteiger partial charge in [-0.05, 0) is 84.0 Å². The summed E-state index contributed by atoms with van der Waals surface area (Å²) in [6.07, 6.45) is -5.17. The molecule has 0 unspecified atom stereocenters. The summed E-state index contributed by atoms with van der Waals surface area (Å²) >= 11 is 1.28. The number of aromatic nitrogens is 1. The van der Waals surface area contributed by atoms with E-state index in [9.17, 15) is 27.2 Å². The Morgan fingerprint density at radius 1 is 0.932 bits per heavy atom. The molecule has 13 heteroatoms. The highest BCUT2D eigenvalue weighted by Crippen LogP contribution is 2.48. The van der Waals surface area contributed by atoms with Crippen LogP contribution < -0.4 is 19.7 Å². The van der Waals surface area contributed by atoms with Crippen LogP contribution in [0.4, 0.5) is 28.4 Å². The summed E-state index contributed by atoms with van der Waals surface area (Å²) in [6, 6.07) is 17.0. The predicted octanol–water partition coefficient (Wildman–Crippen LogP) is 6.80. The van der Waals surface area contributed by atoms with E-state index < -0.39 is 29.7 Å². The normalized spacial score (nSPS) is 15.8. The van der Waals surface area contributed by atoms with E-state index in [1.165, 1.54) is 34.6 Å². The van der Waals surface area contributed by atoms with Gasteiger partial charge in [0.2, 0.25) is 0 Å². The number of hydrogen-bond donors (Lipinski definition) is 2. The van der Waals surface area contributed by atoms with Gasteiger partial charge in [-0.25, -0.2) is 4.98 Å². The molecule has 0 saturated heterocycles. The first-order valence-corrected chi connectivity index (χ1v) is 14.5. The average molecular weight is 628 g/mol. The standard InChI is InChI=1S/C31H25F4N3O5S/c32-30(33)31(34,35)43-25-15-22(9-11-24(25)42-30)26-16-37-29(44-26)38(23-10-8-19-2-1-3-21(19)14-23)17-18-4-6-20(7-5-18)28(41)36-13-12-27(39)40/h4-11,14-16H,1-3,12-13,17H2,(H,36,41)(H,39,40). The predicted molar refractivity (Wildman–Crippen MR) is 154 cm³/mol. The zero-order valence-electron chi connectivity index (χ0n) is 23.0. The fourth-order valence-electron chi connectivity index (χ4n) is 5.07. The van der Waals surface area contributed by atoms with Crippen molar-refractivity contribution in [2.24, 2.45) is 0 Å². The minimum absolute atomic E-state index is 0.0205. The lowest BCUT2D eigenvalue weighted by atomic mass is 10.1. The SMILES string of the molecule is O=C(O)CCNC(=O)c1ccc(CN(c2ccc3c(c2)CCC3)c2ncc(-c3ccc4c(c3)OC(F)(F)C(F)(F)O4)s2)cc1. The number of thiazole rings is 1. The molecular formula is C31H25F4N3O5S. The summed E-state index contributed by atoms with van der Waals surface area (Å²) in [5, 5.41) is 12.0. The number of carboxylic acid groups (broad SMARTS) is 1. The highest BCUT2D eigenvalue weighted by molar-refractivity contribution is 7.19. The number of carboxylic acids is 1. The van der Waals surface area contributed by atoms with Crippen molar-refractivity contribution in [2.75, 3.05) is 11.4 Å². The van der Waals surface area contributed by atoms with Crippen LogP contribution in [0.25, 0.3) is 10.4 Å². The van der Waals surface area contributed by atoms with Crippen LogP contribution in [-0.2, 0) is 24.2 Å². The van der Waals surface area contributed by atoms with E-state index in [2.05, 4.69) is 31.9 Å². The van der Waals surface area contributed by atoms with E-state index in [1.807, 2.05) is 11.0 Å². The highest BCUT2D eigenvalue weighted by atomic mass is 32.1. The number of aryl methyl sites for hydroxylation is 2. The number of rotatable bonds is 9. The average Bonchev–Trinajstić information content (AvgIpc) is 3.66. The molecule has 0 bridgehead atoms. The number of aliphatic carboxylic acids is 1. The van der Waals surface area contributed by atoms with Crippen molar-refractivity contribution < 1.29 is 41.7 Å². The van der Waals surface area contributed by atoms with Crippen LogP contribution in [0.1, 0.15) is 39.9 Å². The molecule has 6 rings (SSSR count). The number of hydrogen-bond acceptors (Lipinski definition) is 7. The van der Waals surface area contributed by atoms with Crippen molar-refractivity contribution in [1.29, 1.82) is 0 Å². The molecule has 1 aliphatic carbocycles. The van der Waals surface area contributed by atoms with Gasteiger partial charge in [0.1, 0.15) is 0 Å². The third-order valence-corrected chi connectivity index (χ3v) is 8.41. The zero-order valence-corrected chi connectivity index (χ0v) is 23.8. The van der Waals surface area contributed by atoms with Crippen LogP contribution in [0.5, 0.6) is 11.5 Å². The molecule has 1 aliphatic heterocycles. The number of ether oxygens (including phenoxy) is 2. The zero-order chi connectivity index (χ0) is 31.1. The van der Waals surface area contributed by atoms with Crippen molar-refractivity contribution >= 4 is 34.0 Å². The van der Waals surface area contributed by atoms with E-state index in [4.69, 9.17) is 5.11 Å². The van der Waals surface area contributed by atoms with Crippen molar-refractivity contribution in [3.05, 3.63) is 89.1 Å². The lowest BCUT2D eigenvalue weighted by Crippen LogP contribution is -2.52. The molecule has 44 heavy (non-hydrogen) atoms. The van der Waals surface area contributed by atoms with Gasteiger partial charge in [-0.2, -0.15) is 17.6 Å². The molecule has 228 valence electrons. The van der Waals surface area contributed by atoms with Crippen LogP contribution in [0, 0.1) is 0 Å². The van der Waals surface area contributed by atoms with Gasteiger partial charge in [0.25, 0.3) is 5.91 Å². The van der Waals surface area contributed by atoms with Crippen LogP contribution in [0.2, 0.25) is 0 Å². The van der Waals surface area contributed by atoms with Crippen LogP contribution in [-0.4, -0.2) is 40.7 Å². The van der Waals surface area contributed by atoms with E-state index in [0.29, 0.717) is 27.7 Å². The maximum atomic E-state index is 13.8. The Labute approximate surface area is 252 Å². The maximum Gasteiger partial charge on any atom is 0.507 e. The first-order chi connectivity index (χ1) is 21.0. The fourth-order valence-corrected chi connectivity index (χ4v) is 6.00. The first-order valence-electron chi connectivity index (χ1n) is 13.7. The van der Waals surface area contributed by atoms with Crippen molar-refractivity contribution in [1.82, 2.24) is 10.3 Å². The maximum absolute atomic E-state index is 13.8. The van der Waals surface area contributed by atoms with Crippen molar-refractivity contribution in [3.63, 3.8) is 0 Å². The minimum atomic E-state index is -4.82. The first kappa shape index (κ1) is 29.4. The van der Waals surface area contributed by atoms with Gasteiger partial charge in [-0.1, -0.05) is 29.5 Å². The summed E-state index contributed by atoms with van der Waals surface area (Å²) in [5.41, 5.74) is 5.14. The molecule has 0 saturated carbocycles. The van der Waals surface area contributed by atoms with Crippen LogP contribution >= 0.6 is 11.3 Å². The molecule has 0 spiro atoms. The van der Waals surface area contributed by atoms with Gasteiger partial charge < -0.3 is 24.8 Å². The Kier molecular flexibility index (Phi) is 7.66. The summed E-state index contributed by atoms with van der Waals surface area (Å²) in [5.74, 6) is -2.37. The number of amides is 1. The van der Waals surface area contributed by atoms with Gasteiger partial charge >= 0.3 is 18.2 Å². The lowest BCUT2D eigenvalue weighted by molar-refractivity contribution is -0.391. The number of alkyl halides is 4. The smallest absolute Gasteiger partial charge is 0.481 e. The summed E-state index contributed by atoms with van der Waals surface area (Å²) < 4.78 is 63.3. The van der Waals surface area contributed by atoms with E-state index in [1.54, 1.807) is 30.5 Å². The summed E-state index contributed by atoms with van der Waals surface area (Å²) in [7, 11) is 0. The topological polar surface area (TPSA) is 101 Å². The Bertz CT molecular complexity index is 1730. The van der Waals surface area contributed by atoms with Crippen molar-refractivity contribution in [3.8, 4) is 21.9 Å². The third kappa shape index (κ3) is 5.91. The molecule has 0 fully saturated rings. The van der Waals surface area contributed by atoms with Gasteiger partial charge in [-0.15, -0.1) is 0 Å². The third-order valence-electron chi connectivity index (χ3n) is 7.34. The van der Waals surface area contributed by atoms with Crippen molar-refractivity contribution in [2.45, 2.75) is 44.4 Å². The second-order valence-corrected chi connectivity index (χ2v) is 11.4. The van der Waals surface area contributed by atoms with Gasteiger partial charge in [0.15, 0.2) is 16.6 Å². The Hall–Kier alpha value is -4.65. The number of fused-ring (bicyclic) bond motifs is 2. The molecule has 1 amide bonds. The highest BCUT2D eigenvalue weighted by Gasteiger charge is 2.65. The second-order valence-electron chi connectivity index (χ2n) is 10.4. The van der Waals surface area contributed by atoms with E-state index in [0.717, 1.165) is 36.6 Å². The Balaban J connectivity index is 1.27. The van der Waals surface area contributed by atoms with E-state index in [-0.39, 0.29) is 18.9 Å². The summed E-state index contributed by atoms with van der Waals surface area (Å²) in [6.45, 7) is 0.405. The van der Waals surface area contributed by atoms with Crippen LogP contribution in [0.15, 0.2) is 66.9 Å². The number of benzene rings is 3. The lowest BCUT2D eigenvalue weighted by Gasteiger charge is -2.31. The number of carbonyl (C=O) groups is 2. The van der Waals surface area contributed by atoms with Gasteiger partial charge in [-0.3, -0.25) is 9.59 Å². The number of anilines is 2. The molecule has 2 aliphatic rings. The molecule has 3 aromatic carbocycles. The number of halogens is 4. The molecule has 2 heterocycles. The Morgan fingerprint density at radius 3 is 2.41 bits per heavy atom. The molecule has 8 nitrogen and oxygen atoms in total. The fraction of sp³-hybridized carbons (Fsp3) is 0.258. The monoisotopic (exact) mass is 627 g/mol. The molecule has 0 radical (unpaired) electrons. The van der Waals surface area contributed by atoms with Crippen LogP contribution in [0.3, 0.4) is 0 Å². The number of carbonyl (C=O) groups excluding carboxylic acids is 1. The Morgan fingerprint density at radius 2 is 1.66 bits per heavy atom. The number of nitrogens with zero attached hydrogens (tertiary/aromatic N) is 2. The molecule has 2 N–H and O–H groups in total.